The van der Waals surface area contributed by atoms with Crippen molar-refractivity contribution in [3.8, 4) is 11.1 Å². The molecule has 1 unspecified atom stereocenters. The van der Waals surface area contributed by atoms with Crippen molar-refractivity contribution in [2.24, 2.45) is 0 Å². The Kier molecular flexibility index (Phi) is 8.70. The van der Waals surface area contributed by atoms with Gasteiger partial charge in [0.2, 0.25) is 0 Å². The van der Waals surface area contributed by atoms with Gasteiger partial charge >= 0.3 is 0 Å². The van der Waals surface area contributed by atoms with Crippen LogP contribution in [0.15, 0.2) is 54.6 Å². The third-order valence-corrected chi connectivity index (χ3v) is 5.81. The molecular weight excluding hydrogens is 420 g/mol. The van der Waals surface area contributed by atoms with Crippen molar-refractivity contribution >= 4 is 0 Å². The summed E-state index contributed by atoms with van der Waals surface area (Å²) in [5.74, 6) is -3.09. The summed E-state index contributed by atoms with van der Waals surface area (Å²) < 4.78 is 34.4. The largest absolute Gasteiger partial charge is 0.395 e. The number of halogens is 2. The summed E-state index contributed by atoms with van der Waals surface area (Å²) in [4.78, 5) is 1.14. The Morgan fingerprint density at radius 1 is 0.938 bits per heavy atom. The summed E-state index contributed by atoms with van der Waals surface area (Å²) in [6.07, 6.45) is -4.59. The van der Waals surface area contributed by atoms with E-state index in [1.165, 1.54) is 0 Å². The van der Waals surface area contributed by atoms with E-state index in [1.807, 2.05) is 54.6 Å². The van der Waals surface area contributed by atoms with Crippen LogP contribution in [0.5, 0.6) is 0 Å². The second kappa shape index (κ2) is 11.3. The zero-order chi connectivity index (χ0) is 23.1. The first kappa shape index (κ1) is 24.7. The Morgan fingerprint density at radius 2 is 1.59 bits per heavy atom. The van der Waals surface area contributed by atoms with E-state index in [1.54, 1.807) is 0 Å². The van der Waals surface area contributed by atoms with Gasteiger partial charge in [0, 0.05) is 19.6 Å². The van der Waals surface area contributed by atoms with E-state index in [4.69, 9.17) is 4.74 Å². The molecule has 0 aliphatic carbocycles. The molecule has 2 aromatic rings. The predicted molar refractivity (Wildman–Crippen MR) is 116 cm³/mol. The molecule has 1 aliphatic heterocycles. The second-order valence-electron chi connectivity index (χ2n) is 8.30. The summed E-state index contributed by atoms with van der Waals surface area (Å²) in [5, 5.41) is 38.8. The van der Waals surface area contributed by atoms with Crippen LogP contribution in [-0.2, 0) is 11.3 Å². The fourth-order valence-corrected chi connectivity index (χ4v) is 3.98. The Morgan fingerprint density at radius 3 is 2.25 bits per heavy atom. The van der Waals surface area contributed by atoms with Crippen LogP contribution in [0, 0.1) is 0 Å². The maximum atomic E-state index is 14.4. The molecule has 176 valence electrons. The number of aliphatic hydroxyl groups is 4. The quantitative estimate of drug-likeness (QED) is 0.413. The van der Waals surface area contributed by atoms with Crippen molar-refractivity contribution in [3.05, 3.63) is 60.2 Å². The molecule has 1 heterocycles. The SMILES string of the molecule is OCC1[C@@H](O)[C@H](O)[C@@H](O)CN1CC(F)(F)CCCOCc1ccc(-c2ccccc2)cc1. The van der Waals surface area contributed by atoms with Crippen molar-refractivity contribution in [1.82, 2.24) is 4.90 Å². The molecular formula is C24H31F2NO5. The summed E-state index contributed by atoms with van der Waals surface area (Å²) in [7, 11) is 0. The number of aliphatic hydroxyl groups excluding tert-OH is 4. The molecule has 4 N–H and O–H groups in total. The van der Waals surface area contributed by atoms with Gasteiger partial charge in [-0.25, -0.2) is 8.78 Å². The lowest BCUT2D eigenvalue weighted by molar-refractivity contribution is -0.163. The molecule has 8 heteroatoms. The number of alkyl halides is 2. The number of ether oxygens (including phenoxy) is 1. The molecule has 1 saturated heterocycles. The fourth-order valence-electron chi connectivity index (χ4n) is 3.98. The number of rotatable bonds is 10. The van der Waals surface area contributed by atoms with Crippen molar-refractivity contribution in [1.29, 1.82) is 0 Å². The van der Waals surface area contributed by atoms with Gasteiger partial charge in [-0.3, -0.25) is 4.90 Å². The van der Waals surface area contributed by atoms with Gasteiger partial charge < -0.3 is 25.2 Å². The van der Waals surface area contributed by atoms with Gasteiger partial charge in [0.1, 0.15) is 12.2 Å². The molecule has 6 nitrogen and oxygen atoms in total. The maximum absolute atomic E-state index is 14.4. The highest BCUT2D eigenvalue weighted by molar-refractivity contribution is 5.63. The number of piperidine rings is 1. The smallest absolute Gasteiger partial charge is 0.260 e. The van der Waals surface area contributed by atoms with Crippen LogP contribution in [0.1, 0.15) is 18.4 Å². The molecule has 0 aromatic heterocycles. The van der Waals surface area contributed by atoms with E-state index < -0.39 is 49.8 Å². The van der Waals surface area contributed by atoms with Crippen LogP contribution in [0.2, 0.25) is 0 Å². The normalized spacial score (nSPS) is 24.6. The topological polar surface area (TPSA) is 93.4 Å². The summed E-state index contributed by atoms with van der Waals surface area (Å²) in [5.41, 5.74) is 3.17. The van der Waals surface area contributed by atoms with E-state index in [9.17, 15) is 29.2 Å². The highest BCUT2D eigenvalue weighted by Gasteiger charge is 2.44. The first-order chi connectivity index (χ1) is 15.3. The lowest BCUT2D eigenvalue weighted by atomic mass is 9.93. The molecule has 3 rings (SSSR count). The Bertz CT molecular complexity index is 821. The standard InChI is InChI=1S/C24H31F2NO5/c25-24(26,16-27-13-21(29)23(31)22(30)20(27)14-28)11-4-12-32-15-17-7-9-19(10-8-17)18-5-2-1-3-6-18/h1-3,5-10,20-23,28-31H,4,11-16H2/t20?,21-,22+,23+/m0/s1. The van der Waals surface area contributed by atoms with Crippen molar-refractivity contribution in [2.75, 3.05) is 26.3 Å². The first-order valence-electron chi connectivity index (χ1n) is 10.8. The van der Waals surface area contributed by atoms with Crippen molar-refractivity contribution in [2.45, 2.75) is 49.7 Å². The van der Waals surface area contributed by atoms with Gasteiger partial charge in [-0.05, 0) is 23.1 Å². The Hall–Kier alpha value is -1.94. The van der Waals surface area contributed by atoms with E-state index >= 15 is 0 Å². The highest BCUT2D eigenvalue weighted by Crippen LogP contribution is 2.27. The number of likely N-dealkylation sites (tertiary alicyclic amines) is 1. The van der Waals surface area contributed by atoms with E-state index in [-0.39, 0.29) is 19.6 Å². The lowest BCUT2D eigenvalue weighted by Gasteiger charge is -2.44. The number of benzene rings is 2. The zero-order valence-electron chi connectivity index (χ0n) is 17.9. The summed E-state index contributed by atoms with van der Waals surface area (Å²) in [6, 6.07) is 16.8. The number of β-amino-alcohol motifs (C(OH)–C–C–N with tert-alkyl or cyclic N) is 1. The van der Waals surface area contributed by atoms with E-state index in [0.717, 1.165) is 21.6 Å². The minimum atomic E-state index is -3.09. The minimum Gasteiger partial charge on any atom is -0.395 e. The fraction of sp³-hybridized carbons (Fsp3) is 0.500. The highest BCUT2D eigenvalue weighted by atomic mass is 19.3. The van der Waals surface area contributed by atoms with Gasteiger partial charge in [0.15, 0.2) is 0 Å². The average molecular weight is 452 g/mol. The van der Waals surface area contributed by atoms with Crippen LogP contribution in [-0.4, -0.2) is 81.9 Å². The zero-order valence-corrected chi connectivity index (χ0v) is 17.9. The maximum Gasteiger partial charge on any atom is 0.260 e. The summed E-state index contributed by atoms with van der Waals surface area (Å²) in [6.45, 7) is -1.05. The molecule has 0 amide bonds. The Balaban J connectivity index is 1.41. The third kappa shape index (κ3) is 6.54. The monoisotopic (exact) mass is 451 g/mol. The number of hydrogen-bond acceptors (Lipinski definition) is 6. The lowest BCUT2D eigenvalue weighted by Crippen LogP contribution is -2.64. The number of nitrogens with zero attached hydrogens (tertiary/aromatic N) is 1. The van der Waals surface area contributed by atoms with E-state index in [0.29, 0.717) is 6.61 Å². The van der Waals surface area contributed by atoms with Gasteiger partial charge in [0.25, 0.3) is 5.92 Å². The average Bonchev–Trinajstić information content (AvgIpc) is 2.78. The van der Waals surface area contributed by atoms with Crippen LogP contribution >= 0.6 is 0 Å². The van der Waals surface area contributed by atoms with Crippen LogP contribution in [0.4, 0.5) is 8.78 Å². The van der Waals surface area contributed by atoms with Gasteiger partial charge in [-0.2, -0.15) is 0 Å². The van der Waals surface area contributed by atoms with E-state index in [2.05, 4.69) is 0 Å². The van der Waals surface area contributed by atoms with Crippen molar-refractivity contribution < 1.29 is 33.9 Å². The predicted octanol–water partition coefficient (Wildman–Crippen LogP) is 2.04. The summed E-state index contributed by atoms with van der Waals surface area (Å²) >= 11 is 0. The van der Waals surface area contributed by atoms with Crippen molar-refractivity contribution in [3.63, 3.8) is 0 Å². The van der Waals surface area contributed by atoms with Crippen LogP contribution < -0.4 is 0 Å². The molecule has 0 radical (unpaired) electrons. The molecule has 0 saturated carbocycles. The molecule has 32 heavy (non-hydrogen) atoms. The van der Waals surface area contributed by atoms with Crippen LogP contribution in [0.25, 0.3) is 11.1 Å². The molecule has 2 aromatic carbocycles. The van der Waals surface area contributed by atoms with Gasteiger partial charge in [-0.1, -0.05) is 54.6 Å². The van der Waals surface area contributed by atoms with Gasteiger partial charge in [0.05, 0.1) is 31.9 Å². The van der Waals surface area contributed by atoms with Crippen LogP contribution in [0.3, 0.4) is 0 Å². The number of hydrogen-bond donors (Lipinski definition) is 4. The third-order valence-electron chi connectivity index (χ3n) is 5.81. The first-order valence-corrected chi connectivity index (χ1v) is 10.8. The molecule has 0 spiro atoms. The second-order valence-corrected chi connectivity index (χ2v) is 8.30. The molecule has 4 atom stereocenters. The van der Waals surface area contributed by atoms with Gasteiger partial charge in [-0.15, -0.1) is 0 Å². The molecule has 0 bridgehead atoms. The molecule has 1 fully saturated rings. The molecule has 1 aliphatic rings. The minimum absolute atomic E-state index is 0.139. The Labute approximate surface area is 186 Å².